The minimum Gasteiger partial charge on any atom is -0.507 e. The minimum absolute atomic E-state index is 0.0557. The highest BCUT2D eigenvalue weighted by atomic mass is 16.5. The SMILES string of the molecule is Cc1cccc(COc2ccc(C(O)=C3C(=O)C(=O)N(CCCN(C)C)C3c3cccc(Oc4ccccc4)c3)cc2)c1. The van der Waals surface area contributed by atoms with Gasteiger partial charge in [-0.2, -0.15) is 0 Å². The van der Waals surface area contributed by atoms with E-state index < -0.39 is 17.7 Å². The summed E-state index contributed by atoms with van der Waals surface area (Å²) in [5, 5.41) is 11.5. The highest BCUT2D eigenvalue weighted by Crippen LogP contribution is 2.41. The number of likely N-dealkylation sites (tertiary alicyclic amines) is 1. The molecule has 0 spiro atoms. The van der Waals surface area contributed by atoms with E-state index in [0.717, 1.165) is 17.7 Å². The molecule has 5 rings (SSSR count). The van der Waals surface area contributed by atoms with Crippen LogP contribution in [0.25, 0.3) is 5.76 Å². The molecule has 1 aliphatic rings. The maximum absolute atomic E-state index is 13.5. The highest BCUT2D eigenvalue weighted by molar-refractivity contribution is 6.46. The zero-order valence-corrected chi connectivity index (χ0v) is 24.7. The molecule has 1 atom stereocenters. The Morgan fingerprint density at radius 1 is 0.837 bits per heavy atom. The second-order valence-corrected chi connectivity index (χ2v) is 10.9. The van der Waals surface area contributed by atoms with Gasteiger partial charge in [0.1, 0.15) is 29.6 Å². The van der Waals surface area contributed by atoms with Gasteiger partial charge in [-0.1, -0.05) is 60.2 Å². The van der Waals surface area contributed by atoms with Gasteiger partial charge in [0.15, 0.2) is 0 Å². The zero-order valence-electron chi connectivity index (χ0n) is 24.7. The molecule has 7 nitrogen and oxygen atoms in total. The molecule has 4 aromatic rings. The van der Waals surface area contributed by atoms with E-state index in [2.05, 4.69) is 6.07 Å². The lowest BCUT2D eigenvalue weighted by Gasteiger charge is -2.26. The number of aliphatic hydroxyl groups is 1. The summed E-state index contributed by atoms with van der Waals surface area (Å²) in [5.74, 6) is 0.309. The van der Waals surface area contributed by atoms with E-state index in [0.29, 0.717) is 47.9 Å². The number of hydrogen-bond acceptors (Lipinski definition) is 6. The van der Waals surface area contributed by atoms with Gasteiger partial charge in [-0.15, -0.1) is 0 Å². The average molecular weight is 577 g/mol. The number of carbonyl (C=O) groups excluding carboxylic acids is 2. The molecule has 4 aromatic carbocycles. The Hall–Kier alpha value is -4.88. The fraction of sp³-hybridized carbons (Fsp3) is 0.222. The standard InChI is InChI=1S/C36H36N2O5/c1-25-10-7-11-26(22-25)24-42-29-18-16-27(17-19-29)34(39)32-33(38(36(41)35(32)40)21-9-20-37(2)3)28-12-8-15-31(23-28)43-30-13-5-4-6-14-30/h4-8,10-19,22-23,33,39H,9,20-21,24H2,1-3H3. The lowest BCUT2D eigenvalue weighted by molar-refractivity contribution is -0.139. The molecular weight excluding hydrogens is 540 g/mol. The summed E-state index contributed by atoms with van der Waals surface area (Å²) in [5.41, 5.74) is 3.37. The maximum Gasteiger partial charge on any atom is 0.295 e. The first kappa shape index (κ1) is 29.6. The van der Waals surface area contributed by atoms with Crippen molar-refractivity contribution in [3.05, 3.63) is 131 Å². The Morgan fingerprint density at radius 3 is 2.28 bits per heavy atom. The van der Waals surface area contributed by atoms with Crippen LogP contribution in [0.2, 0.25) is 0 Å². The Kier molecular flexibility index (Phi) is 9.23. The van der Waals surface area contributed by atoms with Gasteiger partial charge in [0.25, 0.3) is 11.7 Å². The van der Waals surface area contributed by atoms with Crippen LogP contribution in [0.4, 0.5) is 0 Å². The van der Waals surface area contributed by atoms with Crippen LogP contribution in [0, 0.1) is 6.92 Å². The molecule has 7 heteroatoms. The van der Waals surface area contributed by atoms with Crippen LogP contribution in [-0.4, -0.2) is 53.8 Å². The van der Waals surface area contributed by atoms with Crippen LogP contribution in [-0.2, 0) is 16.2 Å². The second kappa shape index (κ2) is 13.4. The van der Waals surface area contributed by atoms with Crippen LogP contribution in [0.1, 0.15) is 34.7 Å². The third-order valence-electron chi connectivity index (χ3n) is 7.31. The van der Waals surface area contributed by atoms with Crippen LogP contribution in [0.5, 0.6) is 17.2 Å². The average Bonchev–Trinajstić information content (AvgIpc) is 3.25. The maximum atomic E-state index is 13.5. The number of amides is 1. The van der Waals surface area contributed by atoms with Crippen molar-refractivity contribution in [3.63, 3.8) is 0 Å². The molecule has 43 heavy (non-hydrogen) atoms. The van der Waals surface area contributed by atoms with Crippen molar-refractivity contribution in [2.24, 2.45) is 0 Å². The van der Waals surface area contributed by atoms with E-state index in [9.17, 15) is 14.7 Å². The molecule has 1 unspecified atom stereocenters. The number of para-hydroxylation sites is 1. The van der Waals surface area contributed by atoms with Crippen LogP contribution in [0.3, 0.4) is 0 Å². The van der Waals surface area contributed by atoms with Crippen LogP contribution >= 0.6 is 0 Å². The van der Waals surface area contributed by atoms with Gasteiger partial charge >= 0.3 is 0 Å². The number of benzene rings is 4. The van der Waals surface area contributed by atoms with Crippen molar-refractivity contribution in [2.45, 2.75) is 26.0 Å². The number of rotatable bonds is 11. The number of Topliss-reactive ketones (excluding diaryl/α,β-unsaturated/α-hetero) is 1. The molecule has 1 aliphatic heterocycles. The first-order chi connectivity index (χ1) is 20.8. The van der Waals surface area contributed by atoms with Crippen molar-refractivity contribution in [2.75, 3.05) is 27.2 Å². The van der Waals surface area contributed by atoms with Crippen molar-refractivity contribution in [1.29, 1.82) is 0 Å². The predicted octanol–water partition coefficient (Wildman–Crippen LogP) is 6.74. The fourth-order valence-corrected chi connectivity index (χ4v) is 5.22. The monoisotopic (exact) mass is 576 g/mol. The minimum atomic E-state index is -0.765. The van der Waals surface area contributed by atoms with E-state index in [1.54, 1.807) is 29.2 Å². The molecule has 0 bridgehead atoms. The van der Waals surface area contributed by atoms with Crippen molar-refractivity contribution < 1.29 is 24.2 Å². The first-order valence-corrected chi connectivity index (χ1v) is 14.3. The van der Waals surface area contributed by atoms with Gasteiger partial charge in [0.2, 0.25) is 0 Å². The van der Waals surface area contributed by atoms with Gasteiger partial charge in [-0.05, 0) is 93.6 Å². The summed E-state index contributed by atoms with van der Waals surface area (Å²) >= 11 is 0. The topological polar surface area (TPSA) is 79.3 Å². The third kappa shape index (κ3) is 7.13. The fourth-order valence-electron chi connectivity index (χ4n) is 5.22. The molecule has 1 fully saturated rings. The van der Waals surface area contributed by atoms with Gasteiger partial charge in [-0.25, -0.2) is 0 Å². The van der Waals surface area contributed by atoms with E-state index in [1.165, 1.54) is 0 Å². The first-order valence-electron chi connectivity index (χ1n) is 14.3. The third-order valence-corrected chi connectivity index (χ3v) is 7.31. The molecule has 1 amide bonds. The van der Waals surface area contributed by atoms with Gasteiger partial charge in [0.05, 0.1) is 11.6 Å². The Morgan fingerprint density at radius 2 is 1.56 bits per heavy atom. The molecule has 0 radical (unpaired) electrons. The molecule has 0 saturated carbocycles. The number of ether oxygens (including phenoxy) is 2. The predicted molar refractivity (Wildman–Crippen MR) is 167 cm³/mol. The largest absolute Gasteiger partial charge is 0.507 e. The number of nitrogens with zero attached hydrogens (tertiary/aromatic N) is 2. The number of aliphatic hydroxyl groups excluding tert-OH is 1. The normalized spacial score (nSPS) is 16.1. The van der Waals surface area contributed by atoms with E-state index in [-0.39, 0.29) is 11.3 Å². The quantitative estimate of drug-likeness (QED) is 0.121. The second-order valence-electron chi connectivity index (χ2n) is 10.9. The summed E-state index contributed by atoms with van der Waals surface area (Å²) in [6, 6.07) is 30.9. The number of ketones is 1. The summed E-state index contributed by atoms with van der Waals surface area (Å²) in [4.78, 5) is 30.4. The van der Waals surface area contributed by atoms with E-state index in [1.807, 2.05) is 98.7 Å². The Bertz CT molecular complexity index is 1610. The summed E-state index contributed by atoms with van der Waals surface area (Å²) in [6.07, 6.45) is 0.670. The number of aryl methyl sites for hydroxylation is 1. The number of carbonyl (C=O) groups is 2. The van der Waals surface area contributed by atoms with Crippen molar-refractivity contribution >= 4 is 17.4 Å². The molecule has 220 valence electrons. The molecular formula is C36H36N2O5. The summed E-state index contributed by atoms with van der Waals surface area (Å²) in [6.45, 7) is 3.55. The van der Waals surface area contributed by atoms with Gasteiger partial charge in [0, 0.05) is 12.1 Å². The van der Waals surface area contributed by atoms with Crippen LogP contribution < -0.4 is 9.47 Å². The molecule has 1 heterocycles. The number of hydrogen-bond donors (Lipinski definition) is 1. The Balaban J connectivity index is 1.45. The molecule has 0 aliphatic carbocycles. The lowest BCUT2D eigenvalue weighted by Crippen LogP contribution is -2.32. The Labute approximate surface area is 252 Å². The van der Waals surface area contributed by atoms with Crippen molar-refractivity contribution in [1.82, 2.24) is 9.80 Å². The summed E-state index contributed by atoms with van der Waals surface area (Å²) in [7, 11) is 3.93. The highest BCUT2D eigenvalue weighted by Gasteiger charge is 2.45. The van der Waals surface area contributed by atoms with Crippen LogP contribution in [0.15, 0.2) is 109 Å². The van der Waals surface area contributed by atoms with Gasteiger partial charge in [-0.3, -0.25) is 9.59 Å². The van der Waals surface area contributed by atoms with E-state index in [4.69, 9.17) is 9.47 Å². The van der Waals surface area contributed by atoms with Gasteiger partial charge < -0.3 is 24.4 Å². The molecule has 0 aromatic heterocycles. The summed E-state index contributed by atoms with van der Waals surface area (Å²) < 4.78 is 12.0. The van der Waals surface area contributed by atoms with Crippen molar-refractivity contribution in [3.8, 4) is 17.2 Å². The zero-order chi connectivity index (χ0) is 30.3. The molecule has 1 N–H and O–H groups in total. The smallest absolute Gasteiger partial charge is 0.295 e. The molecule has 1 saturated heterocycles. The van der Waals surface area contributed by atoms with E-state index >= 15 is 0 Å². The lowest BCUT2D eigenvalue weighted by atomic mass is 9.95.